The van der Waals surface area contributed by atoms with Crippen LogP contribution >= 0.6 is 0 Å². The van der Waals surface area contributed by atoms with Crippen molar-refractivity contribution in [1.29, 1.82) is 0 Å². The first-order valence-corrected chi connectivity index (χ1v) is 8.45. The number of hydrazone groups is 1. The zero-order chi connectivity index (χ0) is 19.8. The lowest BCUT2D eigenvalue weighted by Gasteiger charge is -2.14. The Morgan fingerprint density at radius 2 is 1.59 bits per heavy atom. The van der Waals surface area contributed by atoms with E-state index in [9.17, 15) is 4.79 Å². The van der Waals surface area contributed by atoms with Crippen molar-refractivity contribution in [2.75, 3.05) is 26.6 Å². The van der Waals surface area contributed by atoms with E-state index in [-0.39, 0.29) is 5.91 Å². The molecule has 0 saturated heterocycles. The molecule has 2 rings (SSSR count). The number of amides is 1. The number of ether oxygens (including phenoxy) is 3. The Kier molecular flexibility index (Phi) is 7.05. The number of nitrogens with zero attached hydrogens (tertiary/aromatic N) is 1. The molecule has 2 N–H and O–H groups in total. The molecule has 2 aromatic carbocycles. The Morgan fingerprint density at radius 1 is 0.963 bits per heavy atom. The first-order chi connectivity index (χ1) is 13.0. The Labute approximate surface area is 159 Å². The molecule has 0 heterocycles. The van der Waals surface area contributed by atoms with Crippen LogP contribution in [0, 0.1) is 0 Å². The Balaban J connectivity index is 2.01. The van der Waals surface area contributed by atoms with Crippen molar-refractivity contribution >= 4 is 17.3 Å². The third kappa shape index (κ3) is 5.37. The second-order valence-electron chi connectivity index (χ2n) is 5.83. The van der Waals surface area contributed by atoms with Gasteiger partial charge < -0.3 is 19.5 Å². The fourth-order valence-corrected chi connectivity index (χ4v) is 2.40. The number of rotatable bonds is 8. The van der Waals surface area contributed by atoms with Crippen LogP contribution in [0.2, 0.25) is 0 Å². The second-order valence-corrected chi connectivity index (χ2v) is 5.83. The highest BCUT2D eigenvalue weighted by atomic mass is 16.5. The summed E-state index contributed by atoms with van der Waals surface area (Å²) in [5.41, 5.74) is 4.79. The van der Waals surface area contributed by atoms with E-state index < -0.39 is 6.04 Å². The van der Waals surface area contributed by atoms with Crippen molar-refractivity contribution in [2.45, 2.75) is 19.9 Å². The number of carbonyl (C=O) groups excluding carboxylic acids is 1. The van der Waals surface area contributed by atoms with Gasteiger partial charge in [0.1, 0.15) is 23.3 Å². The minimum atomic E-state index is -0.465. The number of benzene rings is 2. The number of nitrogens with one attached hydrogen (secondary N) is 2. The van der Waals surface area contributed by atoms with Gasteiger partial charge in [-0.15, -0.1) is 0 Å². The van der Waals surface area contributed by atoms with E-state index in [1.54, 1.807) is 41.2 Å². The summed E-state index contributed by atoms with van der Waals surface area (Å²) in [7, 11) is 4.77. The van der Waals surface area contributed by atoms with E-state index in [1.165, 1.54) is 0 Å². The summed E-state index contributed by atoms with van der Waals surface area (Å²) in [6.07, 6.45) is 0. The quantitative estimate of drug-likeness (QED) is 0.551. The van der Waals surface area contributed by atoms with Gasteiger partial charge in [-0.05, 0) is 50.2 Å². The average molecular weight is 371 g/mol. The van der Waals surface area contributed by atoms with E-state index >= 15 is 0 Å². The molecule has 0 radical (unpaired) electrons. The predicted molar refractivity (Wildman–Crippen MR) is 106 cm³/mol. The molecule has 27 heavy (non-hydrogen) atoms. The van der Waals surface area contributed by atoms with Crippen LogP contribution in [0.1, 0.15) is 19.4 Å². The van der Waals surface area contributed by atoms with Gasteiger partial charge in [-0.3, -0.25) is 4.79 Å². The topological polar surface area (TPSA) is 81.2 Å². The molecule has 0 aromatic heterocycles. The molecule has 0 aliphatic carbocycles. The maximum Gasteiger partial charge on any atom is 0.262 e. The van der Waals surface area contributed by atoms with Gasteiger partial charge in [-0.25, -0.2) is 5.43 Å². The van der Waals surface area contributed by atoms with Crippen LogP contribution in [0.25, 0.3) is 0 Å². The van der Waals surface area contributed by atoms with Crippen molar-refractivity contribution < 1.29 is 19.0 Å². The van der Waals surface area contributed by atoms with Gasteiger partial charge in [-0.1, -0.05) is 0 Å². The lowest BCUT2D eigenvalue weighted by Crippen LogP contribution is -2.35. The minimum absolute atomic E-state index is 0.252. The fraction of sp³-hybridized carbons (Fsp3) is 0.300. The molecule has 1 amide bonds. The lowest BCUT2D eigenvalue weighted by molar-refractivity contribution is -0.121. The Hall–Kier alpha value is -3.22. The van der Waals surface area contributed by atoms with Gasteiger partial charge >= 0.3 is 0 Å². The maximum absolute atomic E-state index is 12.3. The average Bonchev–Trinajstić information content (AvgIpc) is 2.71. The van der Waals surface area contributed by atoms with E-state index in [0.29, 0.717) is 17.2 Å². The Morgan fingerprint density at radius 3 is 2.19 bits per heavy atom. The van der Waals surface area contributed by atoms with Crippen LogP contribution in [0.5, 0.6) is 17.2 Å². The number of methoxy groups -OCH3 is 3. The molecule has 0 unspecified atom stereocenters. The molecular formula is C20H25N3O4. The summed E-state index contributed by atoms with van der Waals surface area (Å²) in [6.45, 7) is 3.56. The van der Waals surface area contributed by atoms with Gasteiger partial charge in [-0.2, -0.15) is 5.10 Å². The van der Waals surface area contributed by atoms with Crippen molar-refractivity contribution in [3.63, 3.8) is 0 Å². The summed E-state index contributed by atoms with van der Waals surface area (Å²) in [5, 5.41) is 7.30. The van der Waals surface area contributed by atoms with Gasteiger partial charge in [0.25, 0.3) is 5.91 Å². The second kappa shape index (κ2) is 9.47. The molecule has 144 valence electrons. The van der Waals surface area contributed by atoms with Crippen LogP contribution in [-0.2, 0) is 4.79 Å². The lowest BCUT2D eigenvalue weighted by atomic mass is 10.1. The monoisotopic (exact) mass is 371 g/mol. The molecule has 0 saturated carbocycles. The van der Waals surface area contributed by atoms with E-state index in [2.05, 4.69) is 15.8 Å². The summed E-state index contributed by atoms with van der Waals surface area (Å²) in [6, 6.07) is 12.3. The number of hydrogen-bond donors (Lipinski definition) is 2. The van der Waals surface area contributed by atoms with Crippen LogP contribution in [0.3, 0.4) is 0 Å². The smallest absolute Gasteiger partial charge is 0.262 e. The first-order valence-electron chi connectivity index (χ1n) is 8.45. The molecule has 0 spiro atoms. The zero-order valence-corrected chi connectivity index (χ0v) is 16.2. The molecule has 2 aromatic rings. The molecule has 7 heteroatoms. The molecule has 0 aliphatic rings. The van der Waals surface area contributed by atoms with Crippen LogP contribution < -0.4 is 25.0 Å². The molecule has 0 fully saturated rings. The highest BCUT2D eigenvalue weighted by molar-refractivity contribution is 6.02. The van der Waals surface area contributed by atoms with Crippen molar-refractivity contribution in [2.24, 2.45) is 5.10 Å². The van der Waals surface area contributed by atoms with E-state index in [1.807, 2.05) is 36.4 Å². The summed E-state index contributed by atoms with van der Waals surface area (Å²) >= 11 is 0. The predicted octanol–water partition coefficient (Wildman–Crippen LogP) is 3.05. The van der Waals surface area contributed by atoms with Crippen molar-refractivity contribution in [1.82, 2.24) is 5.43 Å². The Bertz CT molecular complexity index is 803. The summed E-state index contributed by atoms with van der Waals surface area (Å²) in [4.78, 5) is 12.3. The van der Waals surface area contributed by atoms with Crippen LogP contribution in [0.15, 0.2) is 47.6 Å². The minimum Gasteiger partial charge on any atom is -0.497 e. The molecule has 1 atom stereocenters. The van der Waals surface area contributed by atoms with Gasteiger partial charge in [0.2, 0.25) is 0 Å². The molecular weight excluding hydrogens is 346 g/mol. The number of carbonyl (C=O) groups is 1. The molecule has 0 aliphatic heterocycles. The van der Waals surface area contributed by atoms with E-state index in [0.717, 1.165) is 17.0 Å². The van der Waals surface area contributed by atoms with E-state index in [4.69, 9.17) is 14.2 Å². The van der Waals surface area contributed by atoms with Crippen molar-refractivity contribution in [3.8, 4) is 17.2 Å². The van der Waals surface area contributed by atoms with Crippen LogP contribution in [-0.4, -0.2) is 39.0 Å². The fourth-order valence-electron chi connectivity index (χ4n) is 2.40. The summed E-state index contributed by atoms with van der Waals surface area (Å²) in [5.74, 6) is 1.81. The maximum atomic E-state index is 12.3. The van der Waals surface area contributed by atoms with Gasteiger partial charge in [0.15, 0.2) is 0 Å². The number of anilines is 1. The summed E-state index contributed by atoms with van der Waals surface area (Å²) < 4.78 is 15.7. The van der Waals surface area contributed by atoms with Crippen LogP contribution in [0.4, 0.5) is 5.69 Å². The largest absolute Gasteiger partial charge is 0.497 e. The highest BCUT2D eigenvalue weighted by Crippen LogP contribution is 2.25. The third-order valence-corrected chi connectivity index (χ3v) is 4.00. The SMILES string of the molecule is COc1ccc(N[C@@H](C)C(=O)NN=C(C)c2ccc(OC)cc2OC)cc1. The van der Waals surface area contributed by atoms with Gasteiger partial charge in [0, 0.05) is 17.3 Å². The standard InChI is InChI=1S/C20H25N3O4/c1-13(18-11-10-17(26-4)12-19(18)27-5)22-23-20(24)14(2)21-15-6-8-16(25-3)9-7-15/h6-12,14,21H,1-5H3,(H,23,24)/t14-/m0/s1. The van der Waals surface area contributed by atoms with Gasteiger partial charge in [0.05, 0.1) is 27.0 Å². The third-order valence-electron chi connectivity index (χ3n) is 4.00. The molecule has 0 bridgehead atoms. The zero-order valence-electron chi connectivity index (χ0n) is 16.2. The normalized spacial score (nSPS) is 12.1. The highest BCUT2D eigenvalue weighted by Gasteiger charge is 2.13. The first kappa shape index (κ1) is 20.1. The molecule has 7 nitrogen and oxygen atoms in total. The van der Waals surface area contributed by atoms with Crippen molar-refractivity contribution in [3.05, 3.63) is 48.0 Å². The number of hydrogen-bond acceptors (Lipinski definition) is 6.